The van der Waals surface area contributed by atoms with Crippen LogP contribution >= 0.6 is 34.8 Å². The molecule has 0 bridgehead atoms. The summed E-state index contributed by atoms with van der Waals surface area (Å²) in [4.78, 5) is 26.4. The average molecular weight is 412 g/mol. The monoisotopic (exact) mass is 410 g/mol. The minimum atomic E-state index is -0.509. The normalized spacial score (nSPS) is 16.8. The predicted octanol–water partition coefficient (Wildman–Crippen LogP) is 4.45. The molecular weight excluding hydrogens is 395 g/mol. The van der Waals surface area contributed by atoms with Crippen molar-refractivity contribution >= 4 is 46.6 Å². The molecule has 1 aliphatic rings. The highest BCUT2D eigenvalue weighted by Gasteiger charge is 2.36. The van der Waals surface area contributed by atoms with E-state index in [1.807, 2.05) is 18.2 Å². The Morgan fingerprint density at radius 2 is 1.85 bits per heavy atom. The number of likely N-dealkylation sites (tertiary alicyclic amines) is 1. The third-order valence-electron chi connectivity index (χ3n) is 4.40. The minimum absolute atomic E-state index is 0.0467. The smallest absolute Gasteiger partial charge is 0.243 e. The second kappa shape index (κ2) is 8.30. The number of nitrogens with zero attached hydrogens (tertiary/aromatic N) is 1. The number of benzene rings is 2. The molecule has 3 rings (SSSR count). The molecule has 1 fully saturated rings. The van der Waals surface area contributed by atoms with Crippen LogP contribution in [0, 0.1) is 0 Å². The molecule has 2 aromatic carbocycles. The summed E-state index contributed by atoms with van der Waals surface area (Å²) in [5.41, 5.74) is 1.59. The lowest BCUT2D eigenvalue weighted by molar-refractivity contribution is -0.135. The average Bonchev–Trinajstić information content (AvgIpc) is 2.97. The van der Waals surface area contributed by atoms with Gasteiger partial charge in [0.15, 0.2) is 0 Å². The van der Waals surface area contributed by atoms with E-state index in [0.29, 0.717) is 34.5 Å². The van der Waals surface area contributed by atoms with Crippen molar-refractivity contribution in [2.75, 3.05) is 0 Å². The molecule has 7 heteroatoms. The third-order valence-corrected chi connectivity index (χ3v) is 5.35. The molecule has 136 valence electrons. The van der Waals surface area contributed by atoms with Gasteiger partial charge in [-0.15, -0.1) is 0 Å². The Labute approximate surface area is 167 Å². The van der Waals surface area contributed by atoms with Gasteiger partial charge in [0.25, 0.3) is 0 Å². The molecule has 2 aromatic rings. The van der Waals surface area contributed by atoms with Crippen LogP contribution in [0.15, 0.2) is 42.5 Å². The number of halogens is 3. The molecular formula is C19H17Cl3N2O2. The second-order valence-electron chi connectivity index (χ2n) is 6.12. The topological polar surface area (TPSA) is 49.4 Å². The molecule has 2 amide bonds. The SMILES string of the molecule is O=C(NCc1ccc(Cl)cc1Cl)C1CCC(=O)N1Cc1ccccc1Cl. The van der Waals surface area contributed by atoms with Gasteiger partial charge in [-0.2, -0.15) is 0 Å². The van der Waals surface area contributed by atoms with Crippen LogP contribution in [0.1, 0.15) is 24.0 Å². The largest absolute Gasteiger partial charge is 0.350 e. The van der Waals surface area contributed by atoms with Gasteiger partial charge in [-0.05, 0) is 35.7 Å². The van der Waals surface area contributed by atoms with E-state index >= 15 is 0 Å². The first-order valence-corrected chi connectivity index (χ1v) is 9.33. The number of nitrogens with one attached hydrogen (secondary N) is 1. The lowest BCUT2D eigenvalue weighted by atomic mass is 10.1. The number of carbonyl (C=O) groups is 2. The molecule has 1 heterocycles. The molecule has 1 unspecified atom stereocenters. The number of rotatable bonds is 5. The third kappa shape index (κ3) is 4.32. The molecule has 1 N–H and O–H groups in total. The molecule has 0 spiro atoms. The number of amides is 2. The molecule has 0 radical (unpaired) electrons. The maximum Gasteiger partial charge on any atom is 0.243 e. The number of hydrogen-bond donors (Lipinski definition) is 1. The summed E-state index contributed by atoms with van der Waals surface area (Å²) in [6, 6.07) is 11.9. The lowest BCUT2D eigenvalue weighted by Crippen LogP contribution is -2.44. The summed E-state index contributed by atoms with van der Waals surface area (Å²) in [7, 11) is 0. The first-order chi connectivity index (χ1) is 12.5. The molecule has 26 heavy (non-hydrogen) atoms. The molecule has 0 aliphatic carbocycles. The summed E-state index contributed by atoms with van der Waals surface area (Å²) in [6.45, 7) is 0.595. The lowest BCUT2D eigenvalue weighted by Gasteiger charge is -2.24. The van der Waals surface area contributed by atoms with Crippen LogP contribution in [0.5, 0.6) is 0 Å². The van der Waals surface area contributed by atoms with Crippen molar-refractivity contribution in [1.29, 1.82) is 0 Å². The van der Waals surface area contributed by atoms with E-state index in [2.05, 4.69) is 5.32 Å². The van der Waals surface area contributed by atoms with Gasteiger partial charge in [0.05, 0.1) is 0 Å². The van der Waals surface area contributed by atoms with E-state index in [9.17, 15) is 9.59 Å². The fourth-order valence-corrected chi connectivity index (χ4v) is 3.65. The number of hydrogen-bond acceptors (Lipinski definition) is 2. The highest BCUT2D eigenvalue weighted by molar-refractivity contribution is 6.35. The Balaban J connectivity index is 1.67. The van der Waals surface area contributed by atoms with Gasteiger partial charge in [-0.3, -0.25) is 9.59 Å². The van der Waals surface area contributed by atoms with Crippen molar-refractivity contribution in [3.05, 3.63) is 68.7 Å². The van der Waals surface area contributed by atoms with Gasteiger partial charge < -0.3 is 10.2 Å². The summed E-state index contributed by atoms with van der Waals surface area (Å²) < 4.78 is 0. The maximum absolute atomic E-state index is 12.6. The summed E-state index contributed by atoms with van der Waals surface area (Å²) >= 11 is 18.2. The van der Waals surface area contributed by atoms with Crippen molar-refractivity contribution in [2.45, 2.75) is 32.0 Å². The Kier molecular flexibility index (Phi) is 6.07. The molecule has 0 aromatic heterocycles. The molecule has 1 aliphatic heterocycles. The van der Waals surface area contributed by atoms with Gasteiger partial charge in [-0.25, -0.2) is 0 Å². The van der Waals surface area contributed by atoms with Gasteiger partial charge in [0.1, 0.15) is 6.04 Å². The van der Waals surface area contributed by atoms with Crippen molar-refractivity contribution in [2.24, 2.45) is 0 Å². The van der Waals surface area contributed by atoms with E-state index in [1.165, 1.54) is 0 Å². The zero-order valence-electron chi connectivity index (χ0n) is 13.8. The fraction of sp³-hybridized carbons (Fsp3) is 0.263. The van der Waals surface area contributed by atoms with E-state index in [1.54, 1.807) is 29.2 Å². The first-order valence-electron chi connectivity index (χ1n) is 8.20. The molecule has 1 atom stereocenters. The fourth-order valence-electron chi connectivity index (χ4n) is 2.98. The quantitative estimate of drug-likeness (QED) is 0.790. The van der Waals surface area contributed by atoms with Crippen LogP contribution in [-0.2, 0) is 22.7 Å². The van der Waals surface area contributed by atoms with E-state index in [0.717, 1.165) is 11.1 Å². The standard InChI is InChI=1S/C19H17Cl3N2O2/c20-14-6-5-12(16(22)9-14)10-23-19(26)17-7-8-18(25)24(17)11-13-3-1-2-4-15(13)21/h1-6,9,17H,7-8,10-11H2,(H,23,26). The molecule has 1 saturated heterocycles. The number of carbonyl (C=O) groups excluding carboxylic acids is 2. The van der Waals surface area contributed by atoms with Gasteiger partial charge in [-0.1, -0.05) is 59.1 Å². The van der Waals surface area contributed by atoms with Gasteiger partial charge >= 0.3 is 0 Å². The van der Waals surface area contributed by atoms with Gasteiger partial charge in [0.2, 0.25) is 11.8 Å². The zero-order valence-corrected chi connectivity index (χ0v) is 16.1. The highest BCUT2D eigenvalue weighted by Crippen LogP contribution is 2.25. The molecule has 4 nitrogen and oxygen atoms in total. The zero-order chi connectivity index (χ0) is 18.7. The van der Waals surface area contributed by atoms with Crippen molar-refractivity contribution in [3.63, 3.8) is 0 Å². The van der Waals surface area contributed by atoms with E-state index in [4.69, 9.17) is 34.8 Å². The summed E-state index contributed by atoms with van der Waals surface area (Å²) in [6.07, 6.45) is 0.841. The highest BCUT2D eigenvalue weighted by atomic mass is 35.5. The predicted molar refractivity (Wildman–Crippen MR) is 103 cm³/mol. The Bertz CT molecular complexity index is 841. The van der Waals surface area contributed by atoms with Crippen LogP contribution in [-0.4, -0.2) is 22.8 Å². The Morgan fingerprint density at radius 3 is 2.58 bits per heavy atom. The van der Waals surface area contributed by atoms with Crippen LogP contribution in [0.3, 0.4) is 0 Å². The van der Waals surface area contributed by atoms with Crippen LogP contribution in [0.25, 0.3) is 0 Å². The van der Waals surface area contributed by atoms with Crippen molar-refractivity contribution < 1.29 is 9.59 Å². The molecule has 0 saturated carbocycles. The summed E-state index contributed by atoms with van der Waals surface area (Å²) in [5, 5.41) is 4.47. The first kappa shape index (κ1) is 19.0. The Morgan fingerprint density at radius 1 is 1.08 bits per heavy atom. The van der Waals surface area contributed by atoms with Crippen LogP contribution in [0.4, 0.5) is 0 Å². The van der Waals surface area contributed by atoms with E-state index < -0.39 is 6.04 Å². The van der Waals surface area contributed by atoms with Gasteiger partial charge in [0, 0.05) is 34.6 Å². The van der Waals surface area contributed by atoms with Crippen molar-refractivity contribution in [1.82, 2.24) is 10.2 Å². The van der Waals surface area contributed by atoms with Crippen molar-refractivity contribution in [3.8, 4) is 0 Å². The second-order valence-corrected chi connectivity index (χ2v) is 7.37. The Hall–Kier alpha value is -1.75. The minimum Gasteiger partial charge on any atom is -0.350 e. The summed E-state index contributed by atoms with van der Waals surface area (Å²) in [5.74, 6) is -0.247. The maximum atomic E-state index is 12.6. The van der Waals surface area contributed by atoms with Crippen LogP contribution < -0.4 is 5.32 Å². The van der Waals surface area contributed by atoms with Crippen LogP contribution in [0.2, 0.25) is 15.1 Å². The van der Waals surface area contributed by atoms with E-state index in [-0.39, 0.29) is 18.4 Å².